The molecule has 3 fully saturated rings. The lowest BCUT2D eigenvalue weighted by atomic mass is 9.91. The first-order chi connectivity index (χ1) is 9.27. The number of carbonyl (C=O) groups excluding carboxylic acids is 1. The molecular weight excluding hydrogens is 246 g/mol. The summed E-state index contributed by atoms with van der Waals surface area (Å²) in [5.74, 6) is -0.280. The van der Waals surface area contributed by atoms with E-state index in [0.29, 0.717) is 13.2 Å². The summed E-state index contributed by atoms with van der Waals surface area (Å²) >= 11 is 0. The summed E-state index contributed by atoms with van der Waals surface area (Å²) in [7, 11) is 0. The zero-order chi connectivity index (χ0) is 13.1. The number of ether oxygens (including phenoxy) is 3. The molecule has 1 spiro atoms. The lowest BCUT2D eigenvalue weighted by molar-refractivity contribution is -0.196. The van der Waals surface area contributed by atoms with Crippen molar-refractivity contribution in [2.75, 3.05) is 19.8 Å². The molecule has 5 nitrogen and oxygen atoms in total. The van der Waals surface area contributed by atoms with Gasteiger partial charge in [0, 0.05) is 19.4 Å². The number of rotatable bonds is 2. The quantitative estimate of drug-likeness (QED) is 0.822. The highest BCUT2D eigenvalue weighted by Gasteiger charge is 2.41. The molecule has 0 bridgehead atoms. The number of nitrogens with one attached hydrogen (secondary N) is 1. The second-order valence-electron chi connectivity index (χ2n) is 5.72. The summed E-state index contributed by atoms with van der Waals surface area (Å²) in [4.78, 5) is 11.9. The summed E-state index contributed by atoms with van der Waals surface area (Å²) in [6.07, 6.45) is 6.48. The Kier molecular flexibility index (Phi) is 4.05. The summed E-state index contributed by atoms with van der Waals surface area (Å²) in [6.45, 7) is 2.20. The Balaban J connectivity index is 1.49. The SMILES string of the molecule is O=C1NCCCCC1OC1CCC2(CC1)OCCO2. The van der Waals surface area contributed by atoms with Gasteiger partial charge in [0.1, 0.15) is 6.10 Å². The molecule has 1 N–H and O–H groups in total. The molecule has 19 heavy (non-hydrogen) atoms. The van der Waals surface area contributed by atoms with E-state index in [-0.39, 0.29) is 23.9 Å². The molecule has 0 aromatic rings. The van der Waals surface area contributed by atoms with E-state index in [1.807, 2.05) is 0 Å². The Morgan fingerprint density at radius 1 is 1.11 bits per heavy atom. The molecule has 1 atom stereocenters. The molecule has 0 aromatic heterocycles. The van der Waals surface area contributed by atoms with Crippen LogP contribution in [0.3, 0.4) is 0 Å². The Labute approximate surface area is 114 Å². The van der Waals surface area contributed by atoms with Crippen molar-refractivity contribution in [1.29, 1.82) is 0 Å². The molecule has 2 heterocycles. The highest BCUT2D eigenvalue weighted by atomic mass is 16.7. The minimum absolute atomic E-state index is 0.0613. The molecule has 5 heteroatoms. The Bertz CT molecular complexity index is 317. The number of amides is 1. The number of hydrogen-bond donors (Lipinski definition) is 1. The van der Waals surface area contributed by atoms with E-state index >= 15 is 0 Å². The van der Waals surface area contributed by atoms with Crippen LogP contribution in [0.5, 0.6) is 0 Å². The van der Waals surface area contributed by atoms with Crippen LogP contribution >= 0.6 is 0 Å². The lowest BCUT2D eigenvalue weighted by Crippen LogP contribution is -2.41. The van der Waals surface area contributed by atoms with Crippen LogP contribution in [0.4, 0.5) is 0 Å². The second-order valence-corrected chi connectivity index (χ2v) is 5.72. The number of carbonyl (C=O) groups is 1. The van der Waals surface area contributed by atoms with Gasteiger partial charge in [-0.25, -0.2) is 0 Å². The molecule has 0 radical (unpaired) electrons. The predicted octanol–water partition coefficient (Wildman–Crippen LogP) is 1.36. The van der Waals surface area contributed by atoms with E-state index in [0.717, 1.165) is 51.5 Å². The maximum atomic E-state index is 11.9. The van der Waals surface area contributed by atoms with Gasteiger partial charge in [-0.2, -0.15) is 0 Å². The summed E-state index contributed by atoms with van der Waals surface area (Å²) in [5, 5.41) is 2.92. The molecule has 3 aliphatic rings. The first-order valence-corrected chi connectivity index (χ1v) is 7.49. The first-order valence-electron chi connectivity index (χ1n) is 7.49. The Morgan fingerprint density at radius 2 is 1.84 bits per heavy atom. The summed E-state index contributed by atoms with van der Waals surface area (Å²) in [5.41, 5.74) is 0. The van der Waals surface area contributed by atoms with Crippen molar-refractivity contribution < 1.29 is 19.0 Å². The van der Waals surface area contributed by atoms with Gasteiger partial charge in [-0.05, 0) is 32.1 Å². The molecule has 2 aliphatic heterocycles. The van der Waals surface area contributed by atoms with Gasteiger partial charge < -0.3 is 19.5 Å². The van der Waals surface area contributed by atoms with Crippen molar-refractivity contribution in [2.45, 2.75) is 62.9 Å². The Morgan fingerprint density at radius 3 is 2.58 bits per heavy atom. The van der Waals surface area contributed by atoms with E-state index in [1.54, 1.807) is 0 Å². The third kappa shape index (κ3) is 3.09. The van der Waals surface area contributed by atoms with Gasteiger partial charge in [0.25, 0.3) is 0 Å². The molecular formula is C14H23NO4. The monoisotopic (exact) mass is 269 g/mol. The van der Waals surface area contributed by atoms with Crippen molar-refractivity contribution >= 4 is 5.91 Å². The third-order valence-electron chi connectivity index (χ3n) is 4.35. The van der Waals surface area contributed by atoms with Gasteiger partial charge in [-0.15, -0.1) is 0 Å². The van der Waals surface area contributed by atoms with E-state index in [1.165, 1.54) is 0 Å². The standard InChI is InChI=1S/C14H23NO4/c16-13-12(3-1-2-8-15-13)19-11-4-6-14(7-5-11)17-9-10-18-14/h11-12H,1-10H2,(H,15,16). The van der Waals surface area contributed by atoms with E-state index in [9.17, 15) is 4.79 Å². The van der Waals surface area contributed by atoms with Crippen LogP contribution in [0.15, 0.2) is 0 Å². The minimum Gasteiger partial charge on any atom is -0.365 e. The van der Waals surface area contributed by atoms with Crippen molar-refractivity contribution in [2.24, 2.45) is 0 Å². The predicted molar refractivity (Wildman–Crippen MR) is 68.6 cm³/mol. The largest absolute Gasteiger partial charge is 0.365 e. The molecule has 2 saturated heterocycles. The molecule has 1 saturated carbocycles. The van der Waals surface area contributed by atoms with Gasteiger partial charge in [-0.1, -0.05) is 0 Å². The highest BCUT2D eigenvalue weighted by Crippen LogP contribution is 2.37. The van der Waals surface area contributed by atoms with Crippen LogP contribution in [-0.2, 0) is 19.0 Å². The normalized spacial score (nSPS) is 32.2. The van der Waals surface area contributed by atoms with Gasteiger partial charge >= 0.3 is 0 Å². The topological polar surface area (TPSA) is 56.8 Å². The van der Waals surface area contributed by atoms with Crippen molar-refractivity contribution in [3.8, 4) is 0 Å². The average molecular weight is 269 g/mol. The zero-order valence-electron chi connectivity index (χ0n) is 11.4. The molecule has 0 aromatic carbocycles. The smallest absolute Gasteiger partial charge is 0.249 e. The maximum absolute atomic E-state index is 11.9. The van der Waals surface area contributed by atoms with Crippen molar-refractivity contribution in [3.63, 3.8) is 0 Å². The fourth-order valence-electron chi connectivity index (χ4n) is 3.23. The molecule has 108 valence electrons. The maximum Gasteiger partial charge on any atom is 0.249 e. The zero-order valence-corrected chi connectivity index (χ0v) is 11.4. The van der Waals surface area contributed by atoms with Crippen molar-refractivity contribution in [3.05, 3.63) is 0 Å². The summed E-state index contributed by atoms with van der Waals surface area (Å²) < 4.78 is 17.4. The van der Waals surface area contributed by atoms with E-state index < -0.39 is 0 Å². The van der Waals surface area contributed by atoms with E-state index in [2.05, 4.69) is 5.32 Å². The van der Waals surface area contributed by atoms with Crippen molar-refractivity contribution in [1.82, 2.24) is 5.32 Å². The minimum atomic E-state index is -0.342. The first kappa shape index (κ1) is 13.3. The Hall–Kier alpha value is -0.650. The third-order valence-corrected chi connectivity index (χ3v) is 4.35. The molecule has 3 rings (SSSR count). The fraction of sp³-hybridized carbons (Fsp3) is 0.929. The van der Waals surface area contributed by atoms with Gasteiger partial charge in [0.2, 0.25) is 5.91 Å². The van der Waals surface area contributed by atoms with E-state index in [4.69, 9.17) is 14.2 Å². The second kappa shape index (κ2) is 5.77. The highest BCUT2D eigenvalue weighted by molar-refractivity contribution is 5.80. The van der Waals surface area contributed by atoms with Crippen LogP contribution in [0.1, 0.15) is 44.9 Å². The molecule has 1 aliphatic carbocycles. The van der Waals surface area contributed by atoms with Crippen LogP contribution in [0.2, 0.25) is 0 Å². The van der Waals surface area contributed by atoms with Crippen LogP contribution in [0.25, 0.3) is 0 Å². The lowest BCUT2D eigenvalue weighted by Gasteiger charge is -2.36. The fourth-order valence-corrected chi connectivity index (χ4v) is 3.23. The average Bonchev–Trinajstić information content (AvgIpc) is 2.78. The molecule has 1 amide bonds. The van der Waals surface area contributed by atoms with Crippen LogP contribution < -0.4 is 5.32 Å². The van der Waals surface area contributed by atoms with Crippen LogP contribution in [-0.4, -0.2) is 43.7 Å². The van der Waals surface area contributed by atoms with Gasteiger partial charge in [-0.3, -0.25) is 4.79 Å². The van der Waals surface area contributed by atoms with Gasteiger partial charge in [0.05, 0.1) is 19.3 Å². The van der Waals surface area contributed by atoms with Gasteiger partial charge in [0.15, 0.2) is 5.79 Å². The molecule has 1 unspecified atom stereocenters. The van der Waals surface area contributed by atoms with Crippen LogP contribution in [0, 0.1) is 0 Å². The summed E-state index contributed by atoms with van der Waals surface area (Å²) in [6, 6.07) is 0. The number of hydrogen-bond acceptors (Lipinski definition) is 4.